The number of para-hydroxylation sites is 1. The van der Waals surface area contributed by atoms with Gasteiger partial charge in [0.2, 0.25) is 0 Å². The maximum absolute atomic E-state index is 12.6. The first-order valence-electron chi connectivity index (χ1n) is 8.83. The van der Waals surface area contributed by atoms with Crippen molar-refractivity contribution in [1.29, 1.82) is 0 Å². The van der Waals surface area contributed by atoms with Crippen molar-refractivity contribution in [2.24, 2.45) is 0 Å². The number of rotatable bonds is 7. The van der Waals surface area contributed by atoms with Gasteiger partial charge in [0.05, 0.1) is 31.0 Å². The van der Waals surface area contributed by atoms with E-state index in [1.807, 2.05) is 49.4 Å². The zero-order valence-corrected chi connectivity index (χ0v) is 15.5. The fraction of sp³-hybridized carbons (Fsp3) is 0.286. The van der Waals surface area contributed by atoms with Crippen LogP contribution in [0.2, 0.25) is 0 Å². The van der Waals surface area contributed by atoms with E-state index >= 15 is 0 Å². The van der Waals surface area contributed by atoms with Gasteiger partial charge in [-0.3, -0.25) is 14.2 Å². The van der Waals surface area contributed by atoms with E-state index in [1.54, 1.807) is 17.7 Å². The average Bonchev–Trinajstić information content (AvgIpc) is 2.68. The highest BCUT2D eigenvalue weighted by Crippen LogP contribution is 2.12. The number of benzene rings is 2. The van der Waals surface area contributed by atoms with E-state index in [9.17, 15) is 9.59 Å². The molecule has 0 saturated carbocycles. The molecule has 27 heavy (non-hydrogen) atoms. The molecule has 0 fully saturated rings. The summed E-state index contributed by atoms with van der Waals surface area (Å²) in [6.07, 6.45) is 0.760. The molecule has 0 amide bonds. The lowest BCUT2D eigenvalue weighted by Crippen LogP contribution is -2.24. The van der Waals surface area contributed by atoms with Crippen LogP contribution in [0.3, 0.4) is 0 Å². The summed E-state index contributed by atoms with van der Waals surface area (Å²) in [4.78, 5) is 29.0. The Morgan fingerprint density at radius 2 is 1.85 bits per heavy atom. The van der Waals surface area contributed by atoms with E-state index in [2.05, 4.69) is 4.98 Å². The Morgan fingerprint density at radius 3 is 2.59 bits per heavy atom. The lowest BCUT2D eigenvalue weighted by molar-refractivity contribution is -0.143. The summed E-state index contributed by atoms with van der Waals surface area (Å²) in [5, 5.41) is 0.597. The van der Waals surface area contributed by atoms with Gasteiger partial charge in [-0.15, -0.1) is 0 Å². The average molecular weight is 366 g/mol. The van der Waals surface area contributed by atoms with Crippen molar-refractivity contribution in [1.82, 2.24) is 9.55 Å². The number of nitrogens with zero attached hydrogens (tertiary/aromatic N) is 2. The smallest absolute Gasteiger partial charge is 0.310 e. The summed E-state index contributed by atoms with van der Waals surface area (Å²) >= 11 is 0. The van der Waals surface area contributed by atoms with E-state index in [4.69, 9.17) is 9.47 Å². The van der Waals surface area contributed by atoms with Crippen LogP contribution >= 0.6 is 0 Å². The van der Waals surface area contributed by atoms with Crippen molar-refractivity contribution < 1.29 is 14.3 Å². The third kappa shape index (κ3) is 4.53. The van der Waals surface area contributed by atoms with Crippen LogP contribution in [0.4, 0.5) is 0 Å². The molecule has 1 aromatic heterocycles. The number of esters is 1. The molecule has 6 heteroatoms. The molecule has 0 bridgehead atoms. The van der Waals surface area contributed by atoms with Crippen molar-refractivity contribution in [3.05, 3.63) is 70.3 Å². The molecule has 0 unspecified atom stereocenters. The summed E-state index contributed by atoms with van der Waals surface area (Å²) in [6, 6.07) is 14.6. The maximum Gasteiger partial charge on any atom is 0.310 e. The van der Waals surface area contributed by atoms with Crippen molar-refractivity contribution in [2.45, 2.75) is 26.3 Å². The molecule has 0 aliphatic heterocycles. The number of carbonyl (C=O) groups is 1. The van der Waals surface area contributed by atoms with E-state index in [-0.39, 0.29) is 24.6 Å². The Hall–Kier alpha value is -3.15. The number of carbonyl (C=O) groups excluding carboxylic acids is 1. The topological polar surface area (TPSA) is 70.4 Å². The monoisotopic (exact) mass is 366 g/mol. The van der Waals surface area contributed by atoms with Gasteiger partial charge in [0.25, 0.3) is 5.56 Å². The molecule has 6 nitrogen and oxygen atoms in total. The normalized spacial score (nSPS) is 10.7. The second-order valence-electron chi connectivity index (χ2n) is 6.23. The molecular formula is C21H22N2O4. The molecule has 0 aliphatic rings. The van der Waals surface area contributed by atoms with Gasteiger partial charge < -0.3 is 9.47 Å². The largest absolute Gasteiger partial charge is 0.497 e. The molecule has 2 aromatic carbocycles. The quantitative estimate of drug-likeness (QED) is 0.475. The lowest BCUT2D eigenvalue weighted by Gasteiger charge is -2.11. The minimum absolute atomic E-state index is 0.0670. The van der Waals surface area contributed by atoms with Gasteiger partial charge >= 0.3 is 5.97 Å². The van der Waals surface area contributed by atoms with Gasteiger partial charge in [0.15, 0.2) is 0 Å². The van der Waals surface area contributed by atoms with Gasteiger partial charge in [0, 0.05) is 6.54 Å². The number of methoxy groups -OCH3 is 1. The first kappa shape index (κ1) is 18.6. The highest BCUT2D eigenvalue weighted by molar-refractivity contribution is 5.77. The molecule has 1 heterocycles. The SMILES string of the molecule is COc1ccc(CC(=O)OCCCn2c(C)nc3ccccc3c2=O)cc1. The predicted octanol–water partition coefficient (Wildman–Crippen LogP) is 2.89. The van der Waals surface area contributed by atoms with Gasteiger partial charge in [-0.2, -0.15) is 0 Å². The molecule has 0 saturated heterocycles. The number of hydrogen-bond donors (Lipinski definition) is 0. The molecule has 0 spiro atoms. The predicted molar refractivity (Wildman–Crippen MR) is 103 cm³/mol. The van der Waals surface area contributed by atoms with Crippen LogP contribution in [0.5, 0.6) is 5.75 Å². The fourth-order valence-corrected chi connectivity index (χ4v) is 2.91. The third-order valence-electron chi connectivity index (χ3n) is 4.35. The molecule has 140 valence electrons. The number of hydrogen-bond acceptors (Lipinski definition) is 5. The Balaban J connectivity index is 1.53. The van der Waals surface area contributed by atoms with Crippen LogP contribution in [0.15, 0.2) is 53.3 Å². The van der Waals surface area contributed by atoms with Crippen LogP contribution in [0, 0.1) is 6.92 Å². The molecule has 3 aromatic rings. The fourth-order valence-electron chi connectivity index (χ4n) is 2.91. The summed E-state index contributed by atoms with van der Waals surface area (Å²) in [6.45, 7) is 2.52. The van der Waals surface area contributed by atoms with Crippen LogP contribution < -0.4 is 10.3 Å². The molecule has 0 N–H and O–H groups in total. The Morgan fingerprint density at radius 1 is 1.11 bits per heavy atom. The Bertz CT molecular complexity index is 993. The zero-order chi connectivity index (χ0) is 19.2. The van der Waals surface area contributed by atoms with E-state index in [0.29, 0.717) is 29.7 Å². The molecule has 0 radical (unpaired) electrons. The highest BCUT2D eigenvalue weighted by Gasteiger charge is 2.09. The number of fused-ring (bicyclic) bond motifs is 1. The molecule has 0 aliphatic carbocycles. The second-order valence-corrected chi connectivity index (χ2v) is 6.23. The lowest BCUT2D eigenvalue weighted by atomic mass is 10.1. The van der Waals surface area contributed by atoms with Crippen molar-refractivity contribution >= 4 is 16.9 Å². The molecular weight excluding hydrogens is 344 g/mol. The highest BCUT2D eigenvalue weighted by atomic mass is 16.5. The minimum atomic E-state index is -0.291. The van der Waals surface area contributed by atoms with Crippen LogP contribution in [0.1, 0.15) is 17.8 Å². The summed E-state index contributed by atoms with van der Waals surface area (Å²) in [5.74, 6) is 1.11. The Labute approximate surface area is 157 Å². The zero-order valence-electron chi connectivity index (χ0n) is 15.5. The van der Waals surface area contributed by atoms with E-state index in [1.165, 1.54) is 0 Å². The number of aromatic nitrogens is 2. The first-order chi connectivity index (χ1) is 13.1. The van der Waals surface area contributed by atoms with Crippen molar-refractivity contribution in [3.8, 4) is 5.75 Å². The number of aryl methyl sites for hydroxylation is 1. The number of ether oxygens (including phenoxy) is 2. The molecule has 3 rings (SSSR count). The summed E-state index contributed by atoms with van der Waals surface area (Å²) < 4.78 is 12.0. The van der Waals surface area contributed by atoms with Crippen LogP contribution in [-0.4, -0.2) is 29.2 Å². The van der Waals surface area contributed by atoms with E-state index < -0.39 is 0 Å². The van der Waals surface area contributed by atoms with E-state index in [0.717, 1.165) is 11.3 Å². The van der Waals surface area contributed by atoms with Crippen molar-refractivity contribution in [3.63, 3.8) is 0 Å². The van der Waals surface area contributed by atoms with Gasteiger partial charge in [-0.05, 0) is 43.2 Å². The standard InChI is InChI=1S/C21H22N2O4/c1-15-22-19-7-4-3-6-18(19)21(25)23(15)12-5-13-27-20(24)14-16-8-10-17(26-2)11-9-16/h3-4,6-11H,5,12-14H2,1-2H3. The van der Waals surface area contributed by atoms with Gasteiger partial charge in [-0.1, -0.05) is 24.3 Å². The van der Waals surface area contributed by atoms with Gasteiger partial charge in [-0.25, -0.2) is 4.98 Å². The van der Waals surface area contributed by atoms with Crippen molar-refractivity contribution in [2.75, 3.05) is 13.7 Å². The maximum atomic E-state index is 12.6. The summed E-state index contributed by atoms with van der Waals surface area (Å²) in [7, 11) is 1.60. The molecule has 0 atom stereocenters. The van der Waals surface area contributed by atoms with Crippen LogP contribution in [0.25, 0.3) is 10.9 Å². The third-order valence-corrected chi connectivity index (χ3v) is 4.35. The van der Waals surface area contributed by atoms with Crippen LogP contribution in [-0.2, 0) is 22.5 Å². The Kier molecular flexibility index (Phi) is 5.86. The van der Waals surface area contributed by atoms with Gasteiger partial charge in [0.1, 0.15) is 11.6 Å². The second kappa shape index (κ2) is 8.49. The summed E-state index contributed by atoms with van der Waals surface area (Å²) in [5.41, 5.74) is 1.50. The minimum Gasteiger partial charge on any atom is -0.497 e. The first-order valence-corrected chi connectivity index (χ1v) is 8.83.